The molecule has 0 aliphatic carbocycles. The first kappa shape index (κ1) is 12.7. The molecular formula is C15H8Cl3N. The van der Waals surface area contributed by atoms with Crippen molar-refractivity contribution >= 4 is 45.7 Å². The maximum absolute atomic E-state index is 6.21. The fourth-order valence-corrected chi connectivity index (χ4v) is 3.00. The molecule has 3 aromatic rings. The molecule has 4 heteroatoms. The van der Waals surface area contributed by atoms with Gasteiger partial charge in [-0.2, -0.15) is 0 Å². The van der Waals surface area contributed by atoms with Crippen molar-refractivity contribution in [3.63, 3.8) is 0 Å². The summed E-state index contributed by atoms with van der Waals surface area (Å²) in [5, 5.41) is 2.59. The molecule has 1 nitrogen and oxygen atoms in total. The number of hydrogen-bond acceptors (Lipinski definition) is 1. The topological polar surface area (TPSA) is 12.9 Å². The highest BCUT2D eigenvalue weighted by atomic mass is 35.5. The van der Waals surface area contributed by atoms with Crippen molar-refractivity contribution in [2.45, 2.75) is 0 Å². The van der Waals surface area contributed by atoms with E-state index >= 15 is 0 Å². The summed E-state index contributed by atoms with van der Waals surface area (Å²) in [5.41, 5.74) is 2.35. The molecular weight excluding hydrogens is 301 g/mol. The second-order valence-corrected chi connectivity index (χ2v) is 5.38. The Hall–Kier alpha value is -1.28. The van der Waals surface area contributed by atoms with E-state index in [2.05, 4.69) is 4.98 Å². The SMILES string of the molecule is Clc1cc(Cl)c(-c2ccc3ccccc3n2)c(Cl)c1. The number of rotatable bonds is 1. The predicted octanol–water partition coefficient (Wildman–Crippen LogP) is 5.86. The largest absolute Gasteiger partial charge is 0.248 e. The molecule has 0 atom stereocenters. The van der Waals surface area contributed by atoms with Crippen molar-refractivity contribution < 1.29 is 0 Å². The third kappa shape index (κ3) is 2.42. The Labute approximate surface area is 125 Å². The molecule has 0 saturated heterocycles. The molecule has 0 unspecified atom stereocenters. The van der Waals surface area contributed by atoms with Gasteiger partial charge in [0.25, 0.3) is 0 Å². The van der Waals surface area contributed by atoms with Crippen LogP contribution in [0.1, 0.15) is 0 Å². The maximum Gasteiger partial charge on any atom is 0.0739 e. The van der Waals surface area contributed by atoms with E-state index in [1.807, 2.05) is 36.4 Å². The molecule has 0 aliphatic rings. The van der Waals surface area contributed by atoms with Gasteiger partial charge in [0.2, 0.25) is 0 Å². The highest BCUT2D eigenvalue weighted by molar-refractivity contribution is 6.41. The monoisotopic (exact) mass is 307 g/mol. The summed E-state index contributed by atoms with van der Waals surface area (Å²) in [5.74, 6) is 0. The van der Waals surface area contributed by atoms with Gasteiger partial charge in [-0.05, 0) is 24.3 Å². The molecule has 2 aromatic carbocycles. The van der Waals surface area contributed by atoms with Crippen molar-refractivity contribution in [2.24, 2.45) is 0 Å². The fourth-order valence-electron chi connectivity index (χ4n) is 1.99. The van der Waals surface area contributed by atoms with E-state index in [1.54, 1.807) is 12.1 Å². The number of fused-ring (bicyclic) bond motifs is 1. The first-order valence-corrected chi connectivity index (χ1v) is 6.79. The van der Waals surface area contributed by atoms with Gasteiger partial charge in [-0.25, -0.2) is 4.98 Å². The highest BCUT2D eigenvalue weighted by Gasteiger charge is 2.11. The molecule has 1 heterocycles. The maximum atomic E-state index is 6.21. The smallest absolute Gasteiger partial charge is 0.0739 e. The number of para-hydroxylation sites is 1. The summed E-state index contributed by atoms with van der Waals surface area (Å²) in [7, 11) is 0. The molecule has 0 radical (unpaired) electrons. The highest BCUT2D eigenvalue weighted by Crippen LogP contribution is 2.36. The summed E-state index contributed by atoms with van der Waals surface area (Å²) in [6.45, 7) is 0. The average Bonchev–Trinajstić information content (AvgIpc) is 2.37. The van der Waals surface area contributed by atoms with E-state index < -0.39 is 0 Å². The van der Waals surface area contributed by atoms with Crippen LogP contribution >= 0.6 is 34.8 Å². The van der Waals surface area contributed by atoms with Crippen LogP contribution in [0.5, 0.6) is 0 Å². The van der Waals surface area contributed by atoms with Crippen LogP contribution in [0.15, 0.2) is 48.5 Å². The van der Waals surface area contributed by atoms with Crippen LogP contribution in [0.25, 0.3) is 22.2 Å². The van der Waals surface area contributed by atoms with Gasteiger partial charge in [-0.15, -0.1) is 0 Å². The summed E-state index contributed by atoms with van der Waals surface area (Å²) in [4.78, 5) is 4.58. The molecule has 0 spiro atoms. The average molecular weight is 309 g/mol. The van der Waals surface area contributed by atoms with Gasteiger partial charge in [0, 0.05) is 16.0 Å². The quantitative estimate of drug-likeness (QED) is 0.548. The number of aromatic nitrogens is 1. The van der Waals surface area contributed by atoms with Gasteiger partial charge in [-0.1, -0.05) is 59.1 Å². The van der Waals surface area contributed by atoms with E-state index in [0.29, 0.717) is 20.6 Å². The zero-order valence-electron chi connectivity index (χ0n) is 9.70. The Morgan fingerprint density at radius 3 is 2.21 bits per heavy atom. The predicted molar refractivity (Wildman–Crippen MR) is 82.2 cm³/mol. The number of benzene rings is 2. The first-order valence-electron chi connectivity index (χ1n) is 5.66. The van der Waals surface area contributed by atoms with Crippen LogP contribution in [0.3, 0.4) is 0 Å². The zero-order chi connectivity index (χ0) is 13.4. The summed E-state index contributed by atoms with van der Waals surface area (Å²) in [6.07, 6.45) is 0. The number of hydrogen-bond donors (Lipinski definition) is 0. The second kappa shape index (κ2) is 5.01. The van der Waals surface area contributed by atoms with Crippen LogP contribution in [-0.2, 0) is 0 Å². The number of halogens is 3. The van der Waals surface area contributed by atoms with Gasteiger partial charge in [-0.3, -0.25) is 0 Å². The minimum Gasteiger partial charge on any atom is -0.248 e. The second-order valence-electron chi connectivity index (χ2n) is 4.13. The Bertz CT molecular complexity index is 745. The van der Waals surface area contributed by atoms with E-state index in [1.165, 1.54) is 0 Å². The molecule has 0 aliphatic heterocycles. The van der Waals surface area contributed by atoms with Gasteiger partial charge in [0.05, 0.1) is 21.3 Å². The van der Waals surface area contributed by atoms with Gasteiger partial charge >= 0.3 is 0 Å². The van der Waals surface area contributed by atoms with Crippen molar-refractivity contribution in [1.82, 2.24) is 4.98 Å². The normalized spacial score (nSPS) is 10.9. The van der Waals surface area contributed by atoms with Crippen molar-refractivity contribution in [3.05, 3.63) is 63.6 Å². The lowest BCUT2D eigenvalue weighted by Gasteiger charge is -2.08. The van der Waals surface area contributed by atoms with E-state index in [9.17, 15) is 0 Å². The molecule has 0 bridgehead atoms. The van der Waals surface area contributed by atoms with Crippen LogP contribution < -0.4 is 0 Å². The molecule has 94 valence electrons. The number of nitrogens with zero attached hydrogens (tertiary/aromatic N) is 1. The first-order chi connectivity index (χ1) is 9.15. The van der Waals surface area contributed by atoms with Crippen LogP contribution in [0.2, 0.25) is 15.1 Å². The standard InChI is InChI=1S/C15H8Cl3N/c16-10-7-11(17)15(12(18)8-10)14-6-5-9-3-1-2-4-13(9)19-14/h1-8H. The molecule has 0 fully saturated rings. The van der Waals surface area contributed by atoms with Gasteiger partial charge in [0.15, 0.2) is 0 Å². The zero-order valence-corrected chi connectivity index (χ0v) is 12.0. The molecule has 0 amide bonds. The summed E-state index contributed by atoms with van der Waals surface area (Å²) >= 11 is 18.3. The molecule has 3 rings (SSSR count). The van der Waals surface area contributed by atoms with E-state index in [4.69, 9.17) is 34.8 Å². The molecule has 19 heavy (non-hydrogen) atoms. The van der Waals surface area contributed by atoms with Crippen molar-refractivity contribution in [3.8, 4) is 11.3 Å². The Kier molecular flexibility index (Phi) is 3.36. The van der Waals surface area contributed by atoms with Gasteiger partial charge < -0.3 is 0 Å². The van der Waals surface area contributed by atoms with E-state index in [0.717, 1.165) is 16.6 Å². The lowest BCUT2D eigenvalue weighted by Crippen LogP contribution is -1.87. The summed E-state index contributed by atoms with van der Waals surface area (Å²) in [6, 6.07) is 15.1. The van der Waals surface area contributed by atoms with Crippen molar-refractivity contribution in [1.29, 1.82) is 0 Å². The molecule has 0 N–H and O–H groups in total. The van der Waals surface area contributed by atoms with Gasteiger partial charge in [0.1, 0.15) is 0 Å². The van der Waals surface area contributed by atoms with Crippen LogP contribution in [0, 0.1) is 0 Å². The van der Waals surface area contributed by atoms with E-state index in [-0.39, 0.29) is 0 Å². The fraction of sp³-hybridized carbons (Fsp3) is 0. The summed E-state index contributed by atoms with van der Waals surface area (Å²) < 4.78 is 0. The van der Waals surface area contributed by atoms with Crippen molar-refractivity contribution in [2.75, 3.05) is 0 Å². The Morgan fingerprint density at radius 2 is 1.47 bits per heavy atom. The lowest BCUT2D eigenvalue weighted by atomic mass is 10.1. The minimum absolute atomic E-state index is 0.500. The molecule has 1 aromatic heterocycles. The molecule has 0 saturated carbocycles. The number of pyridine rings is 1. The minimum atomic E-state index is 0.500. The lowest BCUT2D eigenvalue weighted by molar-refractivity contribution is 1.40. The van der Waals surface area contributed by atoms with Crippen LogP contribution in [0.4, 0.5) is 0 Å². The Morgan fingerprint density at radius 1 is 0.789 bits per heavy atom. The van der Waals surface area contributed by atoms with Crippen LogP contribution in [-0.4, -0.2) is 4.98 Å². The Balaban J connectivity index is 2.25. The third-order valence-electron chi connectivity index (χ3n) is 2.86. The third-order valence-corrected chi connectivity index (χ3v) is 3.68.